The van der Waals surface area contributed by atoms with E-state index in [1.54, 1.807) is 4.90 Å². The topological polar surface area (TPSA) is 79.8 Å². The first-order valence-electron chi connectivity index (χ1n) is 11.7. The summed E-state index contributed by atoms with van der Waals surface area (Å²) in [4.78, 5) is 25.3. The number of nitrogens with zero attached hydrogens (tertiary/aromatic N) is 6. The molecule has 3 heterocycles. The zero-order chi connectivity index (χ0) is 24.0. The number of piperazine rings is 1. The van der Waals surface area contributed by atoms with Gasteiger partial charge in [0.1, 0.15) is 18.1 Å². The van der Waals surface area contributed by atoms with Crippen LogP contribution < -0.4 is 9.80 Å². The highest BCUT2D eigenvalue weighted by Crippen LogP contribution is 2.45. The van der Waals surface area contributed by atoms with Gasteiger partial charge in [0.05, 0.1) is 11.3 Å². The minimum absolute atomic E-state index is 0.0313. The van der Waals surface area contributed by atoms with Crippen LogP contribution in [-0.4, -0.2) is 80.6 Å². The molecular weight excluding hydrogens is 428 g/mol. The van der Waals surface area contributed by atoms with Gasteiger partial charge in [0.2, 0.25) is 5.91 Å². The molecule has 2 saturated heterocycles. The van der Waals surface area contributed by atoms with E-state index in [9.17, 15) is 10.1 Å². The fourth-order valence-electron chi connectivity index (χ4n) is 5.05. The van der Waals surface area contributed by atoms with E-state index in [1.807, 2.05) is 37.1 Å². The van der Waals surface area contributed by atoms with Crippen molar-refractivity contribution in [1.29, 1.82) is 5.26 Å². The molecule has 2 aliphatic rings. The highest BCUT2D eigenvalue weighted by molar-refractivity contribution is 6.03. The van der Waals surface area contributed by atoms with E-state index in [4.69, 9.17) is 9.40 Å². The molecule has 1 atom stereocenters. The lowest BCUT2D eigenvalue weighted by Gasteiger charge is -2.30. The lowest BCUT2D eigenvalue weighted by molar-refractivity contribution is -0.129. The van der Waals surface area contributed by atoms with Crippen molar-refractivity contribution in [3.8, 4) is 17.2 Å². The number of likely N-dealkylation sites (N-methyl/N-ethyl adjacent to an activating group) is 2. The van der Waals surface area contributed by atoms with Crippen LogP contribution >= 0.6 is 0 Å². The molecule has 0 bridgehead atoms. The van der Waals surface area contributed by atoms with E-state index in [0.29, 0.717) is 41.8 Å². The fraction of sp³-hybridized carbons (Fsp3) is 0.423. The SMILES string of the molecule is Cc1c(-c2ccccc2)c(N2CC[C@H](N(C)C)C2)c2oc(N3CCN(C)C(=O)C3)nc2c1C#N. The Labute approximate surface area is 200 Å². The van der Waals surface area contributed by atoms with Gasteiger partial charge in [-0.3, -0.25) is 4.79 Å². The Bertz CT molecular complexity index is 1280. The molecule has 0 spiro atoms. The quantitative estimate of drug-likeness (QED) is 0.594. The number of anilines is 2. The molecule has 2 aliphatic heterocycles. The predicted molar refractivity (Wildman–Crippen MR) is 133 cm³/mol. The van der Waals surface area contributed by atoms with Crippen LogP contribution in [0.4, 0.5) is 11.7 Å². The lowest BCUT2D eigenvalue weighted by atomic mass is 9.93. The Morgan fingerprint density at radius 3 is 2.56 bits per heavy atom. The van der Waals surface area contributed by atoms with Crippen LogP contribution in [0.15, 0.2) is 34.7 Å². The number of fused-ring (bicyclic) bond motifs is 1. The van der Waals surface area contributed by atoms with Gasteiger partial charge in [-0.25, -0.2) is 0 Å². The Morgan fingerprint density at radius 2 is 1.91 bits per heavy atom. The van der Waals surface area contributed by atoms with E-state index in [1.165, 1.54) is 0 Å². The van der Waals surface area contributed by atoms with Crippen molar-refractivity contribution < 1.29 is 9.21 Å². The van der Waals surface area contributed by atoms with Crippen molar-refractivity contribution in [1.82, 2.24) is 14.8 Å². The summed E-state index contributed by atoms with van der Waals surface area (Å²) in [6.45, 7) is 5.24. The van der Waals surface area contributed by atoms with Crippen molar-refractivity contribution in [3.05, 3.63) is 41.5 Å². The molecule has 0 unspecified atom stereocenters. The summed E-state index contributed by atoms with van der Waals surface area (Å²) in [7, 11) is 6.04. The number of benzene rings is 2. The maximum Gasteiger partial charge on any atom is 0.299 e. The lowest BCUT2D eigenvalue weighted by Crippen LogP contribution is -2.48. The van der Waals surface area contributed by atoms with E-state index >= 15 is 0 Å². The molecule has 3 aromatic rings. The number of rotatable bonds is 4. The monoisotopic (exact) mass is 458 g/mol. The molecule has 176 valence electrons. The second-order valence-electron chi connectivity index (χ2n) is 9.46. The van der Waals surface area contributed by atoms with Crippen LogP contribution in [-0.2, 0) is 4.79 Å². The largest absolute Gasteiger partial charge is 0.421 e. The van der Waals surface area contributed by atoms with Gasteiger partial charge >= 0.3 is 0 Å². The number of hydrogen-bond donors (Lipinski definition) is 0. The second kappa shape index (κ2) is 8.65. The third-order valence-electron chi connectivity index (χ3n) is 7.17. The molecule has 1 aromatic heterocycles. The molecule has 0 aliphatic carbocycles. The summed E-state index contributed by atoms with van der Waals surface area (Å²) in [5.41, 5.74) is 5.68. The van der Waals surface area contributed by atoms with Crippen molar-refractivity contribution in [2.24, 2.45) is 0 Å². The third kappa shape index (κ3) is 3.66. The molecule has 8 nitrogen and oxygen atoms in total. The van der Waals surface area contributed by atoms with Crippen molar-refractivity contribution >= 4 is 28.7 Å². The molecule has 0 N–H and O–H groups in total. The van der Waals surface area contributed by atoms with Crippen LogP contribution in [0.25, 0.3) is 22.2 Å². The normalized spacial score (nSPS) is 18.9. The van der Waals surface area contributed by atoms with Crippen LogP contribution in [0.2, 0.25) is 0 Å². The Kier molecular flexibility index (Phi) is 5.66. The van der Waals surface area contributed by atoms with E-state index < -0.39 is 0 Å². The van der Waals surface area contributed by atoms with Gasteiger partial charge in [0.25, 0.3) is 6.01 Å². The van der Waals surface area contributed by atoms with Gasteiger partial charge in [0, 0.05) is 44.8 Å². The molecule has 0 radical (unpaired) electrons. The van der Waals surface area contributed by atoms with E-state index in [2.05, 4.69) is 42.1 Å². The zero-order valence-electron chi connectivity index (χ0n) is 20.2. The van der Waals surface area contributed by atoms with Gasteiger partial charge < -0.3 is 24.0 Å². The van der Waals surface area contributed by atoms with Gasteiger partial charge in [0.15, 0.2) is 5.58 Å². The number of hydrogen-bond acceptors (Lipinski definition) is 7. The summed E-state index contributed by atoms with van der Waals surface area (Å²) in [5, 5.41) is 10.1. The van der Waals surface area contributed by atoms with Crippen LogP contribution in [0.5, 0.6) is 0 Å². The average Bonchev–Trinajstić information content (AvgIpc) is 3.49. The number of aromatic nitrogens is 1. The second-order valence-corrected chi connectivity index (χ2v) is 9.46. The summed E-state index contributed by atoms with van der Waals surface area (Å²) in [6, 6.07) is 13.4. The molecule has 34 heavy (non-hydrogen) atoms. The molecule has 2 fully saturated rings. The Balaban J connectivity index is 1.73. The number of amides is 1. The molecule has 5 rings (SSSR count). The highest BCUT2D eigenvalue weighted by atomic mass is 16.4. The number of nitriles is 1. The summed E-state index contributed by atoms with van der Waals surface area (Å²) in [6.07, 6.45) is 1.05. The van der Waals surface area contributed by atoms with Gasteiger partial charge in [-0.05, 0) is 38.6 Å². The van der Waals surface area contributed by atoms with Crippen molar-refractivity contribution in [3.63, 3.8) is 0 Å². The first-order valence-corrected chi connectivity index (χ1v) is 11.7. The van der Waals surface area contributed by atoms with Crippen LogP contribution in [0.1, 0.15) is 17.5 Å². The van der Waals surface area contributed by atoms with Crippen molar-refractivity contribution in [2.45, 2.75) is 19.4 Å². The smallest absolute Gasteiger partial charge is 0.299 e. The van der Waals surface area contributed by atoms with Crippen LogP contribution in [0, 0.1) is 18.3 Å². The summed E-state index contributed by atoms with van der Waals surface area (Å²) < 4.78 is 6.43. The maximum atomic E-state index is 12.3. The number of oxazole rings is 1. The fourth-order valence-corrected chi connectivity index (χ4v) is 5.05. The van der Waals surface area contributed by atoms with E-state index in [-0.39, 0.29) is 12.5 Å². The Hall–Kier alpha value is -3.57. The zero-order valence-corrected chi connectivity index (χ0v) is 20.2. The molecule has 0 saturated carbocycles. The van der Waals surface area contributed by atoms with Gasteiger partial charge in [-0.1, -0.05) is 30.3 Å². The number of carbonyl (C=O) groups excluding carboxylic acids is 1. The summed E-state index contributed by atoms with van der Waals surface area (Å²) in [5.74, 6) is 0.0313. The average molecular weight is 459 g/mol. The van der Waals surface area contributed by atoms with E-state index in [0.717, 1.165) is 41.9 Å². The predicted octanol–water partition coefficient (Wildman–Crippen LogP) is 3.09. The molecule has 8 heteroatoms. The first kappa shape index (κ1) is 22.2. The standard InChI is InChI=1S/C26H30N6O2/c1-17-20(14-27)23-25(34-26(28-23)32-13-12-30(4)21(33)16-32)24(22(17)18-8-6-5-7-9-18)31-11-10-19(15-31)29(2)3/h5-9,19H,10-13,15-16H2,1-4H3/t19-/m0/s1. The molecule has 1 amide bonds. The highest BCUT2D eigenvalue weighted by Gasteiger charge is 2.33. The van der Waals surface area contributed by atoms with Gasteiger partial charge in [-0.15, -0.1) is 0 Å². The molecular formula is C26H30N6O2. The molecule has 2 aromatic carbocycles. The number of carbonyl (C=O) groups is 1. The third-order valence-corrected chi connectivity index (χ3v) is 7.17. The van der Waals surface area contributed by atoms with Crippen molar-refractivity contribution in [2.75, 3.05) is 63.7 Å². The Morgan fingerprint density at radius 1 is 1.15 bits per heavy atom. The van der Waals surface area contributed by atoms with Gasteiger partial charge in [-0.2, -0.15) is 10.2 Å². The first-order chi connectivity index (χ1) is 16.4. The summed E-state index contributed by atoms with van der Waals surface area (Å²) >= 11 is 0. The maximum absolute atomic E-state index is 12.3. The minimum atomic E-state index is 0.0313. The van der Waals surface area contributed by atoms with Crippen LogP contribution in [0.3, 0.4) is 0 Å². The minimum Gasteiger partial charge on any atom is -0.421 e.